The van der Waals surface area contributed by atoms with Gasteiger partial charge in [-0.25, -0.2) is 9.13 Å². The largest absolute Gasteiger partial charge is 0.245 e. The lowest BCUT2D eigenvalue weighted by atomic mass is 10.1. The van der Waals surface area contributed by atoms with Gasteiger partial charge in [-0.1, -0.05) is 58.7 Å². The number of fused-ring (bicyclic) bond motifs is 1. The van der Waals surface area contributed by atoms with Crippen molar-refractivity contribution in [1.82, 2.24) is 4.57 Å². The highest BCUT2D eigenvalue weighted by molar-refractivity contribution is 5.74. The van der Waals surface area contributed by atoms with Crippen LogP contribution in [-0.2, 0) is 13.1 Å². The van der Waals surface area contributed by atoms with E-state index in [1.54, 1.807) is 0 Å². The highest BCUT2D eigenvalue weighted by Gasteiger charge is 2.18. The van der Waals surface area contributed by atoms with E-state index in [0.29, 0.717) is 0 Å². The fourth-order valence-corrected chi connectivity index (χ4v) is 4.50. The summed E-state index contributed by atoms with van der Waals surface area (Å²) in [5, 5.41) is 0. The Hall–Kier alpha value is -2.87. The summed E-state index contributed by atoms with van der Waals surface area (Å²) >= 11 is 0. The number of imidazole rings is 1. The second-order valence-electron chi connectivity index (χ2n) is 8.79. The molecule has 0 aliphatic carbocycles. The average Bonchev–Trinajstić information content (AvgIpc) is 2.90. The van der Waals surface area contributed by atoms with Crippen molar-refractivity contribution in [3.8, 4) is 0 Å². The molecule has 3 aromatic carbocycles. The van der Waals surface area contributed by atoms with Gasteiger partial charge >= 0.3 is 0 Å². The van der Waals surface area contributed by atoms with Crippen LogP contribution in [0, 0.1) is 41.5 Å². The fraction of sp³-hybridized carbons (Fsp3) is 0.296. The molecule has 0 aliphatic rings. The van der Waals surface area contributed by atoms with Crippen molar-refractivity contribution < 1.29 is 4.57 Å². The molecule has 0 unspecified atom stereocenters. The van der Waals surface area contributed by atoms with Crippen molar-refractivity contribution in [1.29, 1.82) is 0 Å². The monoisotopic (exact) mass is 383 g/mol. The number of aryl methyl sites for hydroxylation is 6. The summed E-state index contributed by atoms with van der Waals surface area (Å²) in [4.78, 5) is 0. The lowest BCUT2D eigenvalue weighted by molar-refractivity contribution is -0.663. The van der Waals surface area contributed by atoms with Crippen molar-refractivity contribution in [3.05, 3.63) is 99.4 Å². The lowest BCUT2D eigenvalue weighted by Gasteiger charge is -2.04. The van der Waals surface area contributed by atoms with Gasteiger partial charge in [0.1, 0.15) is 13.1 Å². The minimum Gasteiger partial charge on any atom is -0.226 e. The van der Waals surface area contributed by atoms with Crippen LogP contribution in [0.25, 0.3) is 11.0 Å². The molecule has 0 spiro atoms. The summed E-state index contributed by atoms with van der Waals surface area (Å²) in [6.45, 7) is 14.9. The summed E-state index contributed by atoms with van der Waals surface area (Å²) in [5.41, 5.74) is 13.3. The first-order valence-corrected chi connectivity index (χ1v) is 10.4. The first kappa shape index (κ1) is 19.4. The highest BCUT2D eigenvalue weighted by atomic mass is 15.1. The molecule has 1 heterocycles. The molecule has 0 fully saturated rings. The average molecular weight is 384 g/mol. The SMILES string of the molecule is Cc1cc(C)cc(Cn2c[n+](Cc3cc(C)cc(C)c3)c3cc(C)c(C)cc32)c1. The van der Waals surface area contributed by atoms with E-state index in [0.717, 1.165) is 13.1 Å². The van der Waals surface area contributed by atoms with Crippen molar-refractivity contribution >= 4 is 11.0 Å². The van der Waals surface area contributed by atoms with E-state index in [4.69, 9.17) is 0 Å². The Morgan fingerprint density at radius 3 is 1.72 bits per heavy atom. The lowest BCUT2D eigenvalue weighted by Crippen LogP contribution is -2.33. The first-order valence-electron chi connectivity index (χ1n) is 10.4. The summed E-state index contributed by atoms with van der Waals surface area (Å²) in [5.74, 6) is 0. The summed E-state index contributed by atoms with van der Waals surface area (Å²) in [6, 6.07) is 18.4. The van der Waals surface area contributed by atoms with E-state index in [1.165, 1.54) is 55.5 Å². The molecule has 1 aromatic heterocycles. The van der Waals surface area contributed by atoms with Gasteiger partial charge in [-0.2, -0.15) is 0 Å². The van der Waals surface area contributed by atoms with E-state index in [2.05, 4.69) is 106 Å². The van der Waals surface area contributed by atoms with Crippen molar-refractivity contribution in [2.24, 2.45) is 0 Å². The Labute approximate surface area is 174 Å². The molecule has 0 aliphatic heterocycles. The van der Waals surface area contributed by atoms with E-state index < -0.39 is 0 Å². The topological polar surface area (TPSA) is 8.81 Å². The van der Waals surface area contributed by atoms with Gasteiger partial charge in [-0.15, -0.1) is 0 Å². The third-order valence-corrected chi connectivity index (χ3v) is 5.76. The summed E-state index contributed by atoms with van der Waals surface area (Å²) in [7, 11) is 0. The molecule has 2 heteroatoms. The van der Waals surface area contributed by atoms with Crippen LogP contribution in [0.2, 0.25) is 0 Å². The fourth-order valence-electron chi connectivity index (χ4n) is 4.50. The van der Waals surface area contributed by atoms with Crippen LogP contribution >= 0.6 is 0 Å². The first-order chi connectivity index (χ1) is 13.8. The molecule has 0 saturated heterocycles. The van der Waals surface area contributed by atoms with Gasteiger partial charge in [0, 0.05) is 0 Å². The maximum absolute atomic E-state index is 2.40. The molecule has 0 saturated carbocycles. The summed E-state index contributed by atoms with van der Waals surface area (Å²) in [6.07, 6.45) is 2.29. The quantitative estimate of drug-likeness (QED) is 0.389. The predicted molar refractivity (Wildman–Crippen MR) is 122 cm³/mol. The van der Waals surface area contributed by atoms with E-state index in [9.17, 15) is 0 Å². The van der Waals surface area contributed by atoms with Crippen LogP contribution in [0.5, 0.6) is 0 Å². The molecule has 148 valence electrons. The number of nitrogens with zero attached hydrogens (tertiary/aromatic N) is 2. The molecule has 0 atom stereocenters. The summed E-state index contributed by atoms with van der Waals surface area (Å²) < 4.78 is 4.80. The van der Waals surface area contributed by atoms with Gasteiger partial charge in [0.2, 0.25) is 6.33 Å². The van der Waals surface area contributed by atoms with Gasteiger partial charge in [0.25, 0.3) is 0 Å². The molecule has 2 nitrogen and oxygen atoms in total. The van der Waals surface area contributed by atoms with Gasteiger partial charge in [0.05, 0.1) is 0 Å². The third-order valence-electron chi connectivity index (χ3n) is 5.76. The molecule has 0 amide bonds. The second-order valence-corrected chi connectivity index (χ2v) is 8.79. The van der Waals surface area contributed by atoms with Crippen LogP contribution in [0.1, 0.15) is 44.5 Å². The number of hydrogen-bond acceptors (Lipinski definition) is 0. The predicted octanol–water partition coefficient (Wildman–Crippen LogP) is 5.88. The van der Waals surface area contributed by atoms with Crippen LogP contribution in [-0.4, -0.2) is 4.57 Å². The Morgan fingerprint density at radius 2 is 1.14 bits per heavy atom. The van der Waals surface area contributed by atoms with Gasteiger partial charge in [-0.3, -0.25) is 0 Å². The standard InChI is InChI=1S/C27H31N2/c1-18-7-19(2)10-24(9-18)15-28-17-29(16-25-11-20(3)8-21(4)12-25)27-14-23(6)22(5)13-26(27)28/h7-14,17H,15-16H2,1-6H3/q+1. The zero-order chi connectivity index (χ0) is 20.7. The molecule has 29 heavy (non-hydrogen) atoms. The van der Waals surface area contributed by atoms with Gasteiger partial charge in [-0.05, 0) is 75.9 Å². The molecule has 4 aromatic rings. The van der Waals surface area contributed by atoms with Crippen LogP contribution in [0.3, 0.4) is 0 Å². The zero-order valence-corrected chi connectivity index (χ0v) is 18.5. The molecule has 4 rings (SSSR count). The minimum absolute atomic E-state index is 0.890. The Bertz CT molecular complexity index is 1080. The van der Waals surface area contributed by atoms with Crippen LogP contribution < -0.4 is 4.57 Å². The zero-order valence-electron chi connectivity index (χ0n) is 18.5. The smallest absolute Gasteiger partial charge is 0.226 e. The van der Waals surface area contributed by atoms with Gasteiger partial charge < -0.3 is 0 Å². The Kier molecular flexibility index (Phi) is 5.04. The third kappa shape index (κ3) is 4.12. The van der Waals surface area contributed by atoms with Crippen molar-refractivity contribution in [3.63, 3.8) is 0 Å². The molecular weight excluding hydrogens is 352 g/mol. The molecule has 0 N–H and O–H groups in total. The molecule has 0 bridgehead atoms. The second kappa shape index (κ2) is 7.51. The number of hydrogen-bond donors (Lipinski definition) is 0. The van der Waals surface area contributed by atoms with E-state index >= 15 is 0 Å². The van der Waals surface area contributed by atoms with Crippen LogP contribution in [0.15, 0.2) is 54.9 Å². The number of rotatable bonds is 4. The van der Waals surface area contributed by atoms with Crippen molar-refractivity contribution in [2.45, 2.75) is 54.6 Å². The Balaban J connectivity index is 1.81. The minimum atomic E-state index is 0.890. The molecule has 0 radical (unpaired) electrons. The number of benzene rings is 3. The number of aromatic nitrogens is 2. The van der Waals surface area contributed by atoms with Crippen molar-refractivity contribution in [2.75, 3.05) is 0 Å². The maximum atomic E-state index is 2.40. The maximum Gasteiger partial charge on any atom is 0.245 e. The highest BCUT2D eigenvalue weighted by Crippen LogP contribution is 2.20. The Morgan fingerprint density at radius 1 is 0.621 bits per heavy atom. The molecular formula is C27H31N2+. The van der Waals surface area contributed by atoms with E-state index in [-0.39, 0.29) is 0 Å². The van der Waals surface area contributed by atoms with Gasteiger partial charge in [0.15, 0.2) is 11.0 Å². The normalized spacial score (nSPS) is 11.4. The van der Waals surface area contributed by atoms with Crippen LogP contribution in [0.4, 0.5) is 0 Å². The van der Waals surface area contributed by atoms with E-state index in [1.807, 2.05) is 0 Å².